The van der Waals surface area contributed by atoms with Gasteiger partial charge in [0.05, 0.1) is 11.4 Å². The summed E-state index contributed by atoms with van der Waals surface area (Å²) in [6.07, 6.45) is 2.02. The number of Topliss-reactive ketones (excluding diaryl/α,β-unsaturated/α-hetero) is 1. The van der Waals surface area contributed by atoms with E-state index in [-0.39, 0.29) is 5.78 Å². The molecule has 0 aliphatic carbocycles. The smallest absolute Gasteiger partial charge is 0.162 e. The first-order valence-corrected chi connectivity index (χ1v) is 8.84. The van der Waals surface area contributed by atoms with Crippen LogP contribution in [-0.4, -0.2) is 11.5 Å². The van der Waals surface area contributed by atoms with E-state index in [1.165, 1.54) is 0 Å². The highest BCUT2D eigenvalue weighted by Gasteiger charge is 2.08. The van der Waals surface area contributed by atoms with Gasteiger partial charge >= 0.3 is 0 Å². The highest BCUT2D eigenvalue weighted by molar-refractivity contribution is 6.01. The van der Waals surface area contributed by atoms with Crippen molar-refractivity contribution in [2.45, 2.75) is 19.3 Å². The average Bonchev–Trinajstić information content (AvgIpc) is 2.72. The van der Waals surface area contributed by atoms with Crippen LogP contribution in [0.15, 0.2) is 96.1 Å². The first-order chi connectivity index (χ1) is 12.8. The van der Waals surface area contributed by atoms with Crippen LogP contribution in [0.5, 0.6) is 0 Å². The number of benzene rings is 3. The molecule has 0 radical (unpaired) electrons. The van der Waals surface area contributed by atoms with Gasteiger partial charge < -0.3 is 0 Å². The lowest BCUT2D eigenvalue weighted by atomic mass is 10.0. The van der Waals surface area contributed by atoms with Crippen molar-refractivity contribution < 1.29 is 4.79 Å². The summed E-state index contributed by atoms with van der Waals surface area (Å²) in [5, 5.41) is 4.59. The molecular formula is C23H22N2O. The Morgan fingerprint density at radius 1 is 0.692 bits per heavy atom. The normalized spacial score (nSPS) is 11.2. The lowest BCUT2D eigenvalue weighted by molar-refractivity contribution is 0.0981. The van der Waals surface area contributed by atoms with E-state index in [1.54, 1.807) is 0 Å². The van der Waals surface area contributed by atoms with Crippen LogP contribution < -0.4 is 5.43 Å². The molecular weight excluding hydrogens is 320 g/mol. The van der Waals surface area contributed by atoms with E-state index in [2.05, 4.69) is 10.5 Å². The van der Waals surface area contributed by atoms with Crippen LogP contribution in [0.25, 0.3) is 0 Å². The quantitative estimate of drug-likeness (QED) is 0.331. The fourth-order valence-corrected chi connectivity index (χ4v) is 2.72. The van der Waals surface area contributed by atoms with Crippen molar-refractivity contribution in [3.8, 4) is 0 Å². The van der Waals surface area contributed by atoms with Gasteiger partial charge in [-0.1, -0.05) is 78.9 Å². The van der Waals surface area contributed by atoms with Gasteiger partial charge in [-0.15, -0.1) is 0 Å². The van der Waals surface area contributed by atoms with Crippen molar-refractivity contribution in [1.29, 1.82) is 0 Å². The van der Waals surface area contributed by atoms with E-state index in [9.17, 15) is 4.79 Å². The molecule has 0 atom stereocenters. The van der Waals surface area contributed by atoms with E-state index >= 15 is 0 Å². The van der Waals surface area contributed by atoms with E-state index in [0.717, 1.165) is 35.4 Å². The second-order valence-electron chi connectivity index (χ2n) is 6.05. The summed E-state index contributed by atoms with van der Waals surface area (Å²) in [5.74, 6) is 0.175. The predicted octanol–water partition coefficient (Wildman–Crippen LogP) is 5.56. The summed E-state index contributed by atoms with van der Waals surface area (Å²) in [5.41, 5.74) is 6.86. The minimum Gasteiger partial charge on any atom is -0.294 e. The number of rotatable bonds is 8. The molecule has 3 aromatic rings. The second kappa shape index (κ2) is 9.33. The Bertz CT molecular complexity index is 843. The van der Waals surface area contributed by atoms with E-state index in [4.69, 9.17) is 0 Å². The van der Waals surface area contributed by atoms with Gasteiger partial charge in [-0.3, -0.25) is 10.2 Å². The number of ketones is 1. The highest BCUT2D eigenvalue weighted by atomic mass is 16.1. The van der Waals surface area contributed by atoms with Gasteiger partial charge in [0.1, 0.15) is 0 Å². The predicted molar refractivity (Wildman–Crippen MR) is 108 cm³/mol. The Morgan fingerprint density at radius 3 is 1.85 bits per heavy atom. The van der Waals surface area contributed by atoms with E-state index < -0.39 is 0 Å². The number of carbonyl (C=O) groups is 1. The zero-order valence-electron chi connectivity index (χ0n) is 14.6. The van der Waals surface area contributed by atoms with Crippen LogP contribution in [0.1, 0.15) is 35.2 Å². The molecule has 3 aromatic carbocycles. The maximum Gasteiger partial charge on any atom is 0.162 e. The number of hydrogen-bond donors (Lipinski definition) is 1. The molecule has 0 saturated carbocycles. The molecule has 0 amide bonds. The zero-order valence-corrected chi connectivity index (χ0v) is 14.6. The molecule has 0 fully saturated rings. The fraction of sp³-hybridized carbons (Fsp3) is 0.130. The summed E-state index contributed by atoms with van der Waals surface area (Å²) in [6, 6.07) is 29.4. The number of hydrazone groups is 1. The second-order valence-corrected chi connectivity index (χ2v) is 6.05. The summed E-state index contributed by atoms with van der Waals surface area (Å²) < 4.78 is 0. The molecule has 0 aliphatic heterocycles. The van der Waals surface area contributed by atoms with Crippen molar-refractivity contribution in [3.63, 3.8) is 0 Å². The molecule has 3 heteroatoms. The van der Waals surface area contributed by atoms with Crippen LogP contribution in [0.2, 0.25) is 0 Å². The maximum absolute atomic E-state index is 12.3. The highest BCUT2D eigenvalue weighted by Crippen LogP contribution is 2.13. The lowest BCUT2D eigenvalue weighted by Gasteiger charge is -2.08. The number of nitrogens with one attached hydrogen (secondary N) is 1. The Morgan fingerprint density at radius 2 is 1.23 bits per heavy atom. The lowest BCUT2D eigenvalue weighted by Crippen LogP contribution is -2.06. The SMILES string of the molecule is O=C(CCCC(=NNc1ccccc1)c1ccccc1)c1ccccc1. The minimum absolute atomic E-state index is 0.175. The van der Waals surface area contributed by atoms with Crippen LogP contribution >= 0.6 is 0 Å². The van der Waals surface area contributed by atoms with E-state index in [1.807, 2.05) is 91.0 Å². The standard InChI is InChI=1S/C23H22N2O/c26-23(20-13-6-2-7-14-20)18-10-17-22(19-11-4-1-5-12-19)25-24-21-15-8-3-9-16-21/h1-9,11-16,24H,10,17-18H2. The molecule has 0 aliphatic rings. The maximum atomic E-state index is 12.3. The molecule has 26 heavy (non-hydrogen) atoms. The fourth-order valence-electron chi connectivity index (χ4n) is 2.72. The van der Waals surface area contributed by atoms with Crippen molar-refractivity contribution in [1.82, 2.24) is 0 Å². The van der Waals surface area contributed by atoms with Gasteiger partial charge in [0, 0.05) is 12.0 Å². The summed E-state index contributed by atoms with van der Waals surface area (Å²) in [4.78, 5) is 12.3. The first kappa shape index (κ1) is 17.6. The summed E-state index contributed by atoms with van der Waals surface area (Å²) in [6.45, 7) is 0. The van der Waals surface area contributed by atoms with Gasteiger partial charge in [0.15, 0.2) is 5.78 Å². The number of carbonyl (C=O) groups excluding carboxylic acids is 1. The number of para-hydroxylation sites is 1. The molecule has 3 rings (SSSR count). The van der Waals surface area contributed by atoms with Gasteiger partial charge in [-0.2, -0.15) is 5.10 Å². The number of nitrogens with zero attached hydrogens (tertiary/aromatic N) is 1. The third-order valence-electron chi connectivity index (χ3n) is 4.11. The monoisotopic (exact) mass is 342 g/mol. The topological polar surface area (TPSA) is 41.5 Å². The first-order valence-electron chi connectivity index (χ1n) is 8.84. The summed E-state index contributed by atoms with van der Waals surface area (Å²) in [7, 11) is 0. The molecule has 0 saturated heterocycles. The Labute approximate surface area is 154 Å². The van der Waals surface area contributed by atoms with E-state index in [0.29, 0.717) is 6.42 Å². The van der Waals surface area contributed by atoms with Crippen molar-refractivity contribution >= 4 is 17.2 Å². The Balaban J connectivity index is 1.65. The van der Waals surface area contributed by atoms with Crippen LogP contribution in [0.4, 0.5) is 5.69 Å². The Hall–Kier alpha value is -3.20. The molecule has 130 valence electrons. The third-order valence-corrected chi connectivity index (χ3v) is 4.11. The molecule has 0 heterocycles. The van der Waals surface area contributed by atoms with Crippen LogP contribution in [0, 0.1) is 0 Å². The minimum atomic E-state index is 0.175. The van der Waals surface area contributed by atoms with Crippen LogP contribution in [-0.2, 0) is 0 Å². The van der Waals surface area contributed by atoms with Crippen molar-refractivity contribution in [2.24, 2.45) is 5.10 Å². The zero-order chi connectivity index (χ0) is 18.0. The molecule has 0 unspecified atom stereocenters. The van der Waals surface area contributed by atoms with Gasteiger partial charge in [0.25, 0.3) is 0 Å². The summed E-state index contributed by atoms with van der Waals surface area (Å²) >= 11 is 0. The van der Waals surface area contributed by atoms with Gasteiger partial charge in [-0.25, -0.2) is 0 Å². The number of hydrogen-bond acceptors (Lipinski definition) is 3. The molecule has 1 N–H and O–H groups in total. The van der Waals surface area contributed by atoms with Crippen molar-refractivity contribution in [3.05, 3.63) is 102 Å². The molecule has 0 aromatic heterocycles. The largest absolute Gasteiger partial charge is 0.294 e. The molecule has 3 nitrogen and oxygen atoms in total. The van der Waals surface area contributed by atoms with Gasteiger partial charge in [0.2, 0.25) is 0 Å². The molecule has 0 bridgehead atoms. The third kappa shape index (κ3) is 5.15. The van der Waals surface area contributed by atoms with Crippen molar-refractivity contribution in [2.75, 3.05) is 5.43 Å². The van der Waals surface area contributed by atoms with Crippen LogP contribution in [0.3, 0.4) is 0 Å². The average molecular weight is 342 g/mol. The molecule has 0 spiro atoms. The number of anilines is 1. The van der Waals surface area contributed by atoms with Gasteiger partial charge in [-0.05, 0) is 30.5 Å². The Kier molecular flexibility index (Phi) is 6.32.